The van der Waals surface area contributed by atoms with Gasteiger partial charge in [0, 0.05) is 23.3 Å². The first-order chi connectivity index (χ1) is 11.6. The van der Waals surface area contributed by atoms with E-state index in [4.69, 9.17) is 9.15 Å². The highest BCUT2D eigenvalue weighted by Gasteiger charge is 2.19. The Morgan fingerprint density at radius 2 is 2.04 bits per heavy atom. The van der Waals surface area contributed by atoms with Gasteiger partial charge in [-0.15, -0.1) is 0 Å². The van der Waals surface area contributed by atoms with Crippen molar-refractivity contribution in [3.05, 3.63) is 71.4 Å². The fourth-order valence-electron chi connectivity index (χ4n) is 2.85. The summed E-state index contributed by atoms with van der Waals surface area (Å²) in [5, 5.41) is 0.924. The highest BCUT2D eigenvalue weighted by atomic mass is 16.5. The molecule has 0 bridgehead atoms. The minimum atomic E-state index is -0.475. The van der Waals surface area contributed by atoms with E-state index >= 15 is 0 Å². The van der Waals surface area contributed by atoms with Crippen molar-refractivity contribution in [2.75, 3.05) is 0 Å². The number of rotatable bonds is 3. The van der Waals surface area contributed by atoms with Crippen molar-refractivity contribution in [2.24, 2.45) is 0 Å². The zero-order valence-corrected chi connectivity index (χ0v) is 13.4. The Kier molecular flexibility index (Phi) is 3.34. The summed E-state index contributed by atoms with van der Waals surface area (Å²) in [6.45, 7) is 3.96. The first kappa shape index (κ1) is 14.5. The Morgan fingerprint density at radius 3 is 2.83 bits per heavy atom. The number of nitrogens with zero attached hydrogens (tertiary/aromatic N) is 2. The maximum absolute atomic E-state index is 12.3. The van der Waals surface area contributed by atoms with Gasteiger partial charge in [-0.3, -0.25) is 0 Å². The number of para-hydroxylation sites is 1. The van der Waals surface area contributed by atoms with Crippen LogP contribution in [0.5, 0.6) is 0 Å². The third-order valence-corrected chi connectivity index (χ3v) is 4.11. The first-order valence-electron chi connectivity index (χ1n) is 7.72. The van der Waals surface area contributed by atoms with Gasteiger partial charge in [0.2, 0.25) is 5.76 Å². The monoisotopic (exact) mass is 320 g/mol. The summed E-state index contributed by atoms with van der Waals surface area (Å²) in [6.07, 6.45) is 3.78. The molecule has 24 heavy (non-hydrogen) atoms. The van der Waals surface area contributed by atoms with E-state index in [0.717, 1.165) is 22.2 Å². The van der Waals surface area contributed by atoms with E-state index in [9.17, 15) is 4.79 Å². The molecule has 0 unspecified atom stereocenters. The maximum Gasteiger partial charge on any atom is 0.374 e. The number of benzene rings is 1. The van der Waals surface area contributed by atoms with E-state index in [2.05, 4.69) is 4.98 Å². The second-order valence-corrected chi connectivity index (χ2v) is 5.78. The summed E-state index contributed by atoms with van der Waals surface area (Å²) < 4.78 is 12.9. The molecule has 4 rings (SSSR count). The summed E-state index contributed by atoms with van der Waals surface area (Å²) in [5.41, 5.74) is 4.12. The molecule has 0 fully saturated rings. The molecule has 0 spiro atoms. The normalized spacial score (nSPS) is 11.2. The molecule has 0 amide bonds. The average molecular weight is 320 g/mol. The summed E-state index contributed by atoms with van der Waals surface area (Å²) in [5.74, 6) is -0.228. The number of aryl methyl sites for hydroxylation is 2. The SMILES string of the molecule is Cc1c(C(=O)OCc2cn3cccc(C)c3n2)oc2ccccc12. The lowest BCUT2D eigenvalue weighted by molar-refractivity contribution is 0.0433. The molecule has 120 valence electrons. The van der Waals surface area contributed by atoms with Crippen molar-refractivity contribution >= 4 is 22.6 Å². The van der Waals surface area contributed by atoms with Gasteiger partial charge in [-0.2, -0.15) is 0 Å². The molecule has 1 aromatic carbocycles. The third kappa shape index (κ3) is 2.34. The molecule has 0 aliphatic rings. The van der Waals surface area contributed by atoms with Crippen molar-refractivity contribution in [3.63, 3.8) is 0 Å². The van der Waals surface area contributed by atoms with Crippen molar-refractivity contribution in [2.45, 2.75) is 20.5 Å². The quantitative estimate of drug-likeness (QED) is 0.534. The van der Waals surface area contributed by atoms with Gasteiger partial charge in [0.25, 0.3) is 0 Å². The van der Waals surface area contributed by atoms with Crippen LogP contribution in [0.25, 0.3) is 16.6 Å². The molecular formula is C19H16N2O3. The molecule has 0 aliphatic carbocycles. The predicted octanol–water partition coefficient (Wildman–Crippen LogP) is 4.05. The number of aromatic nitrogens is 2. The van der Waals surface area contributed by atoms with Crippen molar-refractivity contribution < 1.29 is 13.9 Å². The number of pyridine rings is 1. The van der Waals surface area contributed by atoms with Gasteiger partial charge >= 0.3 is 5.97 Å². The van der Waals surface area contributed by atoms with Gasteiger partial charge in [0.1, 0.15) is 17.8 Å². The van der Waals surface area contributed by atoms with Crippen molar-refractivity contribution in [1.82, 2.24) is 9.38 Å². The van der Waals surface area contributed by atoms with Crippen LogP contribution in [0.15, 0.2) is 53.2 Å². The number of furan rings is 1. The molecule has 0 saturated heterocycles. The molecule has 5 nitrogen and oxygen atoms in total. The van der Waals surface area contributed by atoms with E-state index in [1.165, 1.54) is 0 Å². The van der Waals surface area contributed by atoms with Gasteiger partial charge in [0.05, 0.1) is 5.69 Å². The minimum absolute atomic E-state index is 0.108. The smallest absolute Gasteiger partial charge is 0.374 e. The number of carbonyl (C=O) groups is 1. The standard InChI is InChI=1S/C19H16N2O3/c1-12-6-5-9-21-10-14(20-18(12)21)11-23-19(22)17-13(2)15-7-3-4-8-16(15)24-17/h3-10H,11H2,1-2H3. The second-order valence-electron chi connectivity index (χ2n) is 5.78. The number of hydrogen-bond acceptors (Lipinski definition) is 4. The van der Waals surface area contributed by atoms with Crippen LogP contribution >= 0.6 is 0 Å². The van der Waals surface area contributed by atoms with E-state index in [0.29, 0.717) is 11.3 Å². The molecule has 0 aliphatic heterocycles. The van der Waals surface area contributed by atoms with Crippen LogP contribution in [-0.4, -0.2) is 15.4 Å². The lowest BCUT2D eigenvalue weighted by Gasteiger charge is -2.00. The van der Waals surface area contributed by atoms with E-state index in [1.54, 1.807) is 0 Å². The molecule has 0 atom stereocenters. The van der Waals surface area contributed by atoms with Crippen LogP contribution in [0, 0.1) is 13.8 Å². The van der Waals surface area contributed by atoms with E-state index in [-0.39, 0.29) is 12.4 Å². The van der Waals surface area contributed by atoms with Gasteiger partial charge in [-0.25, -0.2) is 9.78 Å². The van der Waals surface area contributed by atoms with Crippen molar-refractivity contribution in [1.29, 1.82) is 0 Å². The van der Waals surface area contributed by atoms with Gasteiger partial charge in [0.15, 0.2) is 0 Å². The van der Waals surface area contributed by atoms with Gasteiger partial charge < -0.3 is 13.6 Å². The highest BCUT2D eigenvalue weighted by molar-refractivity contribution is 5.95. The van der Waals surface area contributed by atoms with Crippen LogP contribution in [0.2, 0.25) is 0 Å². The zero-order valence-electron chi connectivity index (χ0n) is 13.4. The number of hydrogen-bond donors (Lipinski definition) is 0. The Labute approximate surface area is 138 Å². The number of fused-ring (bicyclic) bond motifs is 2. The molecule has 3 aromatic heterocycles. The van der Waals surface area contributed by atoms with E-state index < -0.39 is 5.97 Å². The average Bonchev–Trinajstić information content (AvgIpc) is 3.15. The van der Waals surface area contributed by atoms with Crippen molar-refractivity contribution in [3.8, 4) is 0 Å². The van der Waals surface area contributed by atoms with Crippen LogP contribution in [-0.2, 0) is 11.3 Å². The zero-order chi connectivity index (χ0) is 16.7. The van der Waals surface area contributed by atoms with Gasteiger partial charge in [-0.1, -0.05) is 24.3 Å². The minimum Gasteiger partial charge on any atom is -0.453 e. The molecule has 4 aromatic rings. The molecule has 0 radical (unpaired) electrons. The maximum atomic E-state index is 12.3. The van der Waals surface area contributed by atoms with Crippen LogP contribution < -0.4 is 0 Å². The van der Waals surface area contributed by atoms with Crippen LogP contribution in [0.1, 0.15) is 27.4 Å². The number of carbonyl (C=O) groups excluding carboxylic acids is 1. The number of ether oxygens (including phenoxy) is 1. The third-order valence-electron chi connectivity index (χ3n) is 4.11. The molecular weight excluding hydrogens is 304 g/mol. The molecule has 5 heteroatoms. The molecule has 0 N–H and O–H groups in total. The Balaban J connectivity index is 1.57. The summed E-state index contributed by atoms with van der Waals surface area (Å²) in [7, 11) is 0. The second kappa shape index (κ2) is 5.53. The van der Waals surface area contributed by atoms with Crippen LogP contribution in [0.4, 0.5) is 0 Å². The first-order valence-corrected chi connectivity index (χ1v) is 7.72. The van der Waals surface area contributed by atoms with E-state index in [1.807, 2.05) is 67.0 Å². The summed E-state index contributed by atoms with van der Waals surface area (Å²) in [6, 6.07) is 11.5. The van der Waals surface area contributed by atoms with Gasteiger partial charge in [-0.05, 0) is 31.5 Å². The highest BCUT2D eigenvalue weighted by Crippen LogP contribution is 2.25. The summed E-state index contributed by atoms with van der Waals surface area (Å²) >= 11 is 0. The predicted molar refractivity (Wildman–Crippen MR) is 90.0 cm³/mol. The number of esters is 1. The fourth-order valence-corrected chi connectivity index (χ4v) is 2.85. The lowest BCUT2D eigenvalue weighted by atomic mass is 10.1. The number of imidazole rings is 1. The summed E-state index contributed by atoms with van der Waals surface area (Å²) in [4.78, 5) is 16.8. The lowest BCUT2D eigenvalue weighted by Crippen LogP contribution is -2.05. The Hall–Kier alpha value is -3.08. The van der Waals surface area contributed by atoms with Crippen LogP contribution in [0.3, 0.4) is 0 Å². The molecule has 3 heterocycles. The molecule has 0 saturated carbocycles. The Bertz CT molecular complexity index is 1060. The Morgan fingerprint density at radius 1 is 1.21 bits per heavy atom. The largest absolute Gasteiger partial charge is 0.453 e. The fraction of sp³-hybridized carbons (Fsp3) is 0.158. The topological polar surface area (TPSA) is 56.7 Å².